The third-order valence-corrected chi connectivity index (χ3v) is 3.94. The molecule has 0 unspecified atom stereocenters. The summed E-state index contributed by atoms with van der Waals surface area (Å²) in [5, 5.41) is 2.14. The van der Waals surface area contributed by atoms with Crippen LogP contribution in [0.25, 0.3) is 0 Å². The van der Waals surface area contributed by atoms with E-state index in [9.17, 15) is 22.8 Å². The lowest BCUT2D eigenvalue weighted by Gasteiger charge is -2.25. The van der Waals surface area contributed by atoms with Crippen LogP contribution in [0.3, 0.4) is 0 Å². The number of halogens is 3. The topological polar surface area (TPSA) is 58.6 Å². The first-order valence-corrected chi connectivity index (χ1v) is 7.59. The van der Waals surface area contributed by atoms with Gasteiger partial charge in [0.2, 0.25) is 5.91 Å². The Bertz CT molecular complexity index is 604. The zero-order chi connectivity index (χ0) is 17.7. The molecule has 24 heavy (non-hydrogen) atoms. The maximum absolute atomic E-state index is 12.2. The predicted octanol–water partition coefficient (Wildman–Crippen LogP) is 2.81. The number of ether oxygens (including phenoxy) is 1. The number of hydrogen-bond donors (Lipinski definition) is 1. The number of fused-ring (bicyclic) bond motifs is 1. The van der Waals surface area contributed by atoms with Gasteiger partial charge in [-0.1, -0.05) is 24.3 Å². The minimum Gasteiger partial charge on any atom is -0.440 e. The van der Waals surface area contributed by atoms with E-state index in [1.54, 1.807) is 11.9 Å². The molecule has 0 spiro atoms. The summed E-state index contributed by atoms with van der Waals surface area (Å²) in [6, 6.07) is 7.90. The van der Waals surface area contributed by atoms with Crippen molar-refractivity contribution in [2.45, 2.75) is 31.5 Å². The second kappa shape index (κ2) is 7.55. The van der Waals surface area contributed by atoms with Crippen LogP contribution in [0, 0.1) is 0 Å². The molecule has 0 aliphatic heterocycles. The van der Waals surface area contributed by atoms with Crippen molar-refractivity contribution in [1.29, 1.82) is 0 Å². The molecule has 0 bridgehead atoms. The summed E-state index contributed by atoms with van der Waals surface area (Å²) in [6.07, 6.45) is -4.02. The number of nitrogens with one attached hydrogen (secondary N) is 1. The summed E-state index contributed by atoms with van der Waals surface area (Å²) in [7, 11) is 1.69. The monoisotopic (exact) mass is 344 g/mol. The van der Waals surface area contributed by atoms with Crippen molar-refractivity contribution in [3.05, 3.63) is 35.4 Å². The van der Waals surface area contributed by atoms with Crippen LogP contribution >= 0.6 is 0 Å². The number of carbonyl (C=O) groups excluding carboxylic acids is 2. The van der Waals surface area contributed by atoms with E-state index >= 15 is 0 Å². The number of aryl methyl sites for hydroxylation is 1. The van der Waals surface area contributed by atoms with E-state index in [0.29, 0.717) is 0 Å². The fraction of sp³-hybridized carbons (Fsp3) is 0.500. The predicted molar refractivity (Wildman–Crippen MR) is 80.3 cm³/mol. The first-order valence-electron chi connectivity index (χ1n) is 7.59. The van der Waals surface area contributed by atoms with E-state index in [2.05, 4.69) is 10.1 Å². The summed E-state index contributed by atoms with van der Waals surface area (Å²) in [4.78, 5) is 24.9. The van der Waals surface area contributed by atoms with Gasteiger partial charge in [-0.05, 0) is 24.0 Å². The highest BCUT2D eigenvalue weighted by molar-refractivity contribution is 5.77. The van der Waals surface area contributed by atoms with Crippen LogP contribution in [0.15, 0.2) is 24.3 Å². The normalized spacial score (nSPS) is 16.4. The molecule has 2 amide bonds. The van der Waals surface area contributed by atoms with E-state index in [-0.39, 0.29) is 24.9 Å². The lowest BCUT2D eigenvalue weighted by molar-refractivity contribution is -0.160. The van der Waals surface area contributed by atoms with E-state index < -0.39 is 18.9 Å². The molecule has 2 rings (SSSR count). The number of alkyl halides is 3. The van der Waals surface area contributed by atoms with Crippen LogP contribution in [0.4, 0.5) is 18.0 Å². The summed E-state index contributed by atoms with van der Waals surface area (Å²) in [6.45, 7) is -1.72. The number of nitrogens with zero attached hydrogens (tertiary/aromatic N) is 1. The average Bonchev–Trinajstić information content (AvgIpc) is 2.95. The fourth-order valence-corrected chi connectivity index (χ4v) is 2.76. The maximum Gasteiger partial charge on any atom is 0.422 e. The highest BCUT2D eigenvalue weighted by Gasteiger charge is 2.30. The molecule has 0 fully saturated rings. The molecule has 1 aromatic rings. The number of rotatable bonds is 5. The van der Waals surface area contributed by atoms with Crippen molar-refractivity contribution in [2.24, 2.45) is 0 Å². The molecule has 0 aromatic heterocycles. The number of hydrogen-bond acceptors (Lipinski definition) is 3. The Morgan fingerprint density at radius 1 is 1.33 bits per heavy atom. The average molecular weight is 344 g/mol. The van der Waals surface area contributed by atoms with Crippen molar-refractivity contribution in [1.82, 2.24) is 10.2 Å². The second-order valence-corrected chi connectivity index (χ2v) is 5.63. The third-order valence-electron chi connectivity index (χ3n) is 3.94. The van der Waals surface area contributed by atoms with Gasteiger partial charge in [0.15, 0.2) is 6.61 Å². The van der Waals surface area contributed by atoms with Gasteiger partial charge in [-0.25, -0.2) is 4.79 Å². The lowest BCUT2D eigenvalue weighted by atomic mass is 10.1. The van der Waals surface area contributed by atoms with Gasteiger partial charge < -0.3 is 15.0 Å². The number of benzene rings is 1. The first-order chi connectivity index (χ1) is 11.3. The van der Waals surface area contributed by atoms with Crippen molar-refractivity contribution in [3.63, 3.8) is 0 Å². The summed E-state index contributed by atoms with van der Waals surface area (Å²) < 4.78 is 39.7. The van der Waals surface area contributed by atoms with Gasteiger partial charge in [0.25, 0.3) is 0 Å². The smallest absolute Gasteiger partial charge is 0.422 e. The van der Waals surface area contributed by atoms with Gasteiger partial charge in [-0.15, -0.1) is 0 Å². The molecular formula is C16H19F3N2O3. The Morgan fingerprint density at radius 2 is 2.04 bits per heavy atom. The maximum atomic E-state index is 12.2. The van der Waals surface area contributed by atoms with Crippen LogP contribution in [0.1, 0.15) is 30.0 Å². The van der Waals surface area contributed by atoms with Gasteiger partial charge in [0.1, 0.15) is 0 Å². The highest BCUT2D eigenvalue weighted by atomic mass is 19.4. The Morgan fingerprint density at radius 3 is 2.75 bits per heavy atom. The number of amides is 2. The molecule has 1 aliphatic rings. The molecule has 1 aliphatic carbocycles. The van der Waals surface area contributed by atoms with Crippen molar-refractivity contribution in [2.75, 3.05) is 20.2 Å². The third kappa shape index (κ3) is 4.87. The fourth-order valence-electron chi connectivity index (χ4n) is 2.76. The molecule has 0 radical (unpaired) electrons. The van der Waals surface area contributed by atoms with Gasteiger partial charge in [0, 0.05) is 20.0 Å². The molecule has 5 nitrogen and oxygen atoms in total. The largest absolute Gasteiger partial charge is 0.440 e. The minimum absolute atomic E-state index is 0.00369. The Labute approximate surface area is 137 Å². The molecule has 1 atom stereocenters. The molecule has 0 saturated heterocycles. The molecule has 1 aromatic carbocycles. The van der Waals surface area contributed by atoms with E-state index in [1.165, 1.54) is 5.56 Å². The van der Waals surface area contributed by atoms with Gasteiger partial charge >= 0.3 is 12.3 Å². The Hall–Kier alpha value is -2.25. The summed E-state index contributed by atoms with van der Waals surface area (Å²) >= 11 is 0. The zero-order valence-electron chi connectivity index (χ0n) is 13.2. The van der Waals surface area contributed by atoms with Crippen LogP contribution in [-0.4, -0.2) is 43.3 Å². The quantitative estimate of drug-likeness (QED) is 0.894. The number of alkyl carbamates (subject to hydrolysis) is 1. The first kappa shape index (κ1) is 18.1. The molecule has 8 heteroatoms. The Balaban J connectivity index is 1.76. The van der Waals surface area contributed by atoms with Gasteiger partial charge in [0.05, 0.1) is 6.04 Å². The molecular weight excluding hydrogens is 325 g/mol. The molecule has 1 N–H and O–H groups in total. The van der Waals surface area contributed by atoms with E-state index in [0.717, 1.165) is 18.4 Å². The lowest BCUT2D eigenvalue weighted by Crippen LogP contribution is -2.35. The molecule has 0 saturated carbocycles. The summed E-state index contributed by atoms with van der Waals surface area (Å²) in [5.74, 6) is -0.187. The highest BCUT2D eigenvalue weighted by Crippen LogP contribution is 2.34. The Kier molecular flexibility index (Phi) is 5.69. The minimum atomic E-state index is -4.57. The standard InChI is InChI=1S/C16H19F3N2O3/c1-21(13-7-6-11-4-2-3-5-12(11)13)14(22)8-9-20-15(23)24-10-16(17,18)19/h2-5,13H,6-10H2,1H3,(H,20,23)/t13-/m1/s1. The number of carbonyl (C=O) groups is 2. The van der Waals surface area contributed by atoms with Gasteiger partial charge in [-0.3, -0.25) is 4.79 Å². The van der Waals surface area contributed by atoms with Crippen LogP contribution in [-0.2, 0) is 16.0 Å². The summed E-state index contributed by atoms with van der Waals surface area (Å²) in [5.41, 5.74) is 2.34. The van der Waals surface area contributed by atoms with Crippen LogP contribution in [0.5, 0.6) is 0 Å². The van der Waals surface area contributed by atoms with Crippen molar-refractivity contribution in [3.8, 4) is 0 Å². The second-order valence-electron chi connectivity index (χ2n) is 5.63. The van der Waals surface area contributed by atoms with Crippen LogP contribution < -0.4 is 5.32 Å². The molecule has 132 valence electrons. The van der Waals surface area contributed by atoms with Crippen LogP contribution in [0.2, 0.25) is 0 Å². The zero-order valence-corrected chi connectivity index (χ0v) is 13.2. The van der Waals surface area contributed by atoms with E-state index in [4.69, 9.17) is 0 Å². The molecule has 0 heterocycles. The SMILES string of the molecule is CN(C(=O)CCNC(=O)OCC(F)(F)F)[C@@H]1CCc2ccccc21. The van der Waals surface area contributed by atoms with E-state index in [1.807, 2.05) is 24.3 Å². The van der Waals surface area contributed by atoms with Crippen molar-refractivity contribution < 1.29 is 27.5 Å². The van der Waals surface area contributed by atoms with Crippen molar-refractivity contribution >= 4 is 12.0 Å². The van der Waals surface area contributed by atoms with Gasteiger partial charge in [-0.2, -0.15) is 13.2 Å².